The molecule has 35 heavy (non-hydrogen) atoms. The topological polar surface area (TPSA) is 95.5 Å². The van der Waals surface area contributed by atoms with Crippen LogP contribution < -0.4 is 10.5 Å². The zero-order chi connectivity index (χ0) is 24.8. The predicted octanol–water partition coefficient (Wildman–Crippen LogP) is 4.95. The van der Waals surface area contributed by atoms with Crippen molar-refractivity contribution in [1.29, 1.82) is 0 Å². The van der Waals surface area contributed by atoms with E-state index >= 15 is 0 Å². The van der Waals surface area contributed by atoms with Gasteiger partial charge in [0.15, 0.2) is 11.6 Å². The van der Waals surface area contributed by atoms with Crippen molar-refractivity contribution in [3.63, 3.8) is 0 Å². The molecule has 0 bridgehead atoms. The molecule has 2 aliphatic heterocycles. The van der Waals surface area contributed by atoms with Gasteiger partial charge in [-0.2, -0.15) is 5.10 Å². The van der Waals surface area contributed by atoms with Crippen molar-refractivity contribution < 1.29 is 14.3 Å². The molecule has 1 fully saturated rings. The van der Waals surface area contributed by atoms with Crippen molar-refractivity contribution in [3.8, 4) is 17.0 Å². The number of carbonyl (C=O) groups is 1. The van der Waals surface area contributed by atoms with Gasteiger partial charge in [-0.15, -0.1) is 0 Å². The fourth-order valence-corrected chi connectivity index (χ4v) is 5.04. The Morgan fingerprint density at radius 2 is 1.89 bits per heavy atom. The summed E-state index contributed by atoms with van der Waals surface area (Å²) < 4.78 is 13.8. The van der Waals surface area contributed by atoms with Crippen molar-refractivity contribution >= 4 is 11.9 Å². The maximum atomic E-state index is 12.6. The first kappa shape index (κ1) is 23.2. The number of pyridine rings is 1. The molecule has 2 aliphatic rings. The van der Waals surface area contributed by atoms with E-state index in [-0.39, 0.29) is 17.6 Å². The molecule has 8 heteroatoms. The summed E-state index contributed by atoms with van der Waals surface area (Å²) in [5, 5.41) is 4.86. The lowest BCUT2D eigenvalue weighted by Gasteiger charge is -2.26. The molecular weight excluding hydrogens is 442 g/mol. The molecule has 3 aromatic rings. The largest absolute Gasteiger partial charge is 0.482 e. The minimum Gasteiger partial charge on any atom is -0.482 e. The fourth-order valence-electron chi connectivity index (χ4n) is 5.04. The van der Waals surface area contributed by atoms with Gasteiger partial charge in [0.05, 0.1) is 5.69 Å². The number of nitrogens with two attached hydrogens (primary N) is 1. The van der Waals surface area contributed by atoms with E-state index in [0.29, 0.717) is 24.7 Å². The van der Waals surface area contributed by atoms with Crippen LogP contribution >= 0.6 is 0 Å². The van der Waals surface area contributed by atoms with E-state index in [9.17, 15) is 4.79 Å². The van der Waals surface area contributed by atoms with Crippen LogP contribution in [0.15, 0.2) is 48.7 Å². The second kappa shape index (κ2) is 8.59. The average molecular weight is 476 g/mol. The van der Waals surface area contributed by atoms with Crippen LogP contribution in [0.5, 0.6) is 5.75 Å². The number of rotatable bonds is 4. The first-order valence-electron chi connectivity index (χ1n) is 12.2. The standard InChI is InChI=1S/C27H33N5O3/c1-18(19-8-6-5-7-9-19)34-22-14-20(16-29-24(22)28)21-15-23-27(11-13-32(23)30-21)10-12-31(17-27)25(33)35-26(2,3)4/h5-9,14-16,18H,10-13,17H2,1-4H3,(H2,28,29)/t18-,27-/m1/s1. The number of hydrogen-bond donors (Lipinski definition) is 1. The molecule has 8 nitrogen and oxygen atoms in total. The lowest BCUT2D eigenvalue weighted by molar-refractivity contribution is 0.0284. The third-order valence-electron chi connectivity index (χ3n) is 6.88. The maximum absolute atomic E-state index is 12.6. The van der Waals surface area contributed by atoms with Crippen molar-refractivity contribution in [2.24, 2.45) is 0 Å². The van der Waals surface area contributed by atoms with E-state index in [4.69, 9.17) is 20.3 Å². The summed E-state index contributed by atoms with van der Waals surface area (Å²) in [5.74, 6) is 0.891. The first-order chi connectivity index (χ1) is 16.6. The van der Waals surface area contributed by atoms with Crippen LogP contribution in [0.3, 0.4) is 0 Å². The maximum Gasteiger partial charge on any atom is 0.410 e. The van der Waals surface area contributed by atoms with Crippen LogP contribution in [-0.2, 0) is 16.7 Å². The van der Waals surface area contributed by atoms with E-state index in [1.54, 1.807) is 6.20 Å². The van der Waals surface area contributed by atoms with Crippen molar-refractivity contribution in [1.82, 2.24) is 19.7 Å². The predicted molar refractivity (Wildman–Crippen MR) is 134 cm³/mol. The number of amides is 1. The Morgan fingerprint density at radius 1 is 1.14 bits per heavy atom. The molecule has 0 saturated carbocycles. The molecule has 4 heterocycles. The lowest BCUT2D eigenvalue weighted by atomic mass is 9.82. The van der Waals surface area contributed by atoms with Gasteiger partial charge in [0.1, 0.15) is 11.7 Å². The van der Waals surface area contributed by atoms with Crippen molar-refractivity contribution in [3.05, 3.63) is 59.9 Å². The second-order valence-electron chi connectivity index (χ2n) is 10.6. The average Bonchev–Trinajstić information content (AvgIpc) is 3.52. The van der Waals surface area contributed by atoms with Crippen molar-refractivity contribution in [2.45, 2.75) is 64.2 Å². The van der Waals surface area contributed by atoms with E-state index in [0.717, 1.165) is 41.9 Å². The molecule has 2 N–H and O–H groups in total. The normalized spacial score (nSPS) is 20.2. The SMILES string of the molecule is C[C@@H](Oc1cc(-c2cc3n(n2)CC[C@@]32CCN(C(=O)OC(C)(C)C)C2)cnc1N)c1ccccc1. The molecule has 1 amide bonds. The zero-order valence-electron chi connectivity index (χ0n) is 20.8. The summed E-state index contributed by atoms with van der Waals surface area (Å²) in [7, 11) is 0. The highest BCUT2D eigenvalue weighted by Crippen LogP contribution is 2.44. The monoisotopic (exact) mass is 475 g/mol. The third-order valence-corrected chi connectivity index (χ3v) is 6.88. The highest BCUT2D eigenvalue weighted by Gasteiger charge is 2.47. The van der Waals surface area contributed by atoms with E-state index < -0.39 is 5.60 Å². The summed E-state index contributed by atoms with van der Waals surface area (Å²) in [5.41, 5.74) is 9.46. The summed E-state index contributed by atoms with van der Waals surface area (Å²) in [6, 6.07) is 14.1. The minimum atomic E-state index is -0.503. The highest BCUT2D eigenvalue weighted by atomic mass is 16.6. The number of aromatic nitrogens is 3. The van der Waals surface area contributed by atoms with Gasteiger partial charge < -0.3 is 20.1 Å². The Labute approximate surface area is 206 Å². The Morgan fingerprint density at radius 3 is 2.63 bits per heavy atom. The van der Waals surface area contributed by atoms with Gasteiger partial charge in [0.25, 0.3) is 0 Å². The second-order valence-corrected chi connectivity index (χ2v) is 10.6. The molecule has 1 spiro atoms. The molecule has 1 saturated heterocycles. The number of likely N-dealkylation sites (tertiary alicyclic amines) is 1. The van der Waals surface area contributed by atoms with Gasteiger partial charge in [-0.05, 0) is 58.2 Å². The Hall–Kier alpha value is -3.55. The van der Waals surface area contributed by atoms with Crippen LogP contribution in [0.1, 0.15) is 57.9 Å². The van der Waals surface area contributed by atoms with Crippen LogP contribution in [0, 0.1) is 0 Å². The quantitative estimate of drug-likeness (QED) is 0.574. The molecule has 0 unspecified atom stereocenters. The molecule has 2 atom stereocenters. The Bertz CT molecular complexity index is 1230. The smallest absolute Gasteiger partial charge is 0.410 e. The highest BCUT2D eigenvalue weighted by molar-refractivity contribution is 5.69. The molecule has 5 rings (SSSR count). The van der Waals surface area contributed by atoms with Gasteiger partial charge in [0, 0.05) is 42.5 Å². The number of nitrogens with zero attached hydrogens (tertiary/aromatic N) is 4. The number of carbonyl (C=O) groups excluding carboxylic acids is 1. The number of benzene rings is 1. The summed E-state index contributed by atoms with van der Waals surface area (Å²) in [4.78, 5) is 18.9. The van der Waals surface area contributed by atoms with Gasteiger partial charge in [0.2, 0.25) is 0 Å². The summed E-state index contributed by atoms with van der Waals surface area (Å²) >= 11 is 0. The zero-order valence-corrected chi connectivity index (χ0v) is 20.8. The minimum absolute atomic E-state index is 0.0927. The van der Waals surface area contributed by atoms with Gasteiger partial charge >= 0.3 is 6.09 Å². The molecule has 0 radical (unpaired) electrons. The lowest BCUT2D eigenvalue weighted by Crippen LogP contribution is -2.37. The fraction of sp³-hybridized carbons (Fsp3) is 0.444. The molecule has 184 valence electrons. The number of aryl methyl sites for hydroxylation is 1. The van der Waals surface area contributed by atoms with Crippen molar-refractivity contribution in [2.75, 3.05) is 18.8 Å². The molecule has 1 aromatic carbocycles. The Kier molecular flexibility index (Phi) is 5.69. The van der Waals surface area contributed by atoms with Crippen LogP contribution in [-0.4, -0.2) is 44.4 Å². The molecule has 0 aliphatic carbocycles. The number of hydrogen-bond acceptors (Lipinski definition) is 6. The molecule has 2 aromatic heterocycles. The van der Waals surface area contributed by atoms with E-state index in [2.05, 4.69) is 15.7 Å². The van der Waals surface area contributed by atoms with Crippen LogP contribution in [0.2, 0.25) is 0 Å². The first-order valence-corrected chi connectivity index (χ1v) is 12.2. The van der Waals surface area contributed by atoms with Crippen LogP contribution in [0.4, 0.5) is 10.6 Å². The Balaban J connectivity index is 1.36. The summed E-state index contributed by atoms with van der Waals surface area (Å²) in [6.07, 6.45) is 3.20. The van der Waals surface area contributed by atoms with Gasteiger partial charge in [-0.3, -0.25) is 4.68 Å². The van der Waals surface area contributed by atoms with E-state index in [1.807, 2.05) is 69.0 Å². The number of nitrogen functional groups attached to an aromatic ring is 1. The van der Waals surface area contributed by atoms with Gasteiger partial charge in [-0.1, -0.05) is 30.3 Å². The van der Waals surface area contributed by atoms with Gasteiger partial charge in [-0.25, -0.2) is 9.78 Å². The number of fused-ring (bicyclic) bond motifs is 2. The third kappa shape index (κ3) is 4.57. The number of anilines is 1. The molecular formula is C27H33N5O3. The summed E-state index contributed by atoms with van der Waals surface area (Å²) in [6.45, 7) is 9.85. The van der Waals surface area contributed by atoms with Crippen LogP contribution in [0.25, 0.3) is 11.3 Å². The van der Waals surface area contributed by atoms with E-state index in [1.165, 1.54) is 0 Å². The number of ether oxygens (including phenoxy) is 2.